The van der Waals surface area contributed by atoms with Crippen LogP contribution < -0.4 is 4.72 Å². The Balaban J connectivity index is 1.96. The zero-order valence-corrected chi connectivity index (χ0v) is 14.4. The molecule has 1 N–H and O–H groups in total. The van der Waals surface area contributed by atoms with E-state index < -0.39 is 10.0 Å². The lowest BCUT2D eigenvalue weighted by atomic mass is 10.2. The van der Waals surface area contributed by atoms with E-state index in [0.29, 0.717) is 22.8 Å². The summed E-state index contributed by atoms with van der Waals surface area (Å²) in [6, 6.07) is 12.6. The third-order valence-electron chi connectivity index (χ3n) is 3.39. The number of hydrogen-bond acceptors (Lipinski definition) is 5. The quantitative estimate of drug-likeness (QED) is 0.740. The molecule has 9 heteroatoms. The lowest BCUT2D eigenvalue weighted by molar-refractivity contribution is 0.601. The van der Waals surface area contributed by atoms with Crippen molar-refractivity contribution >= 4 is 27.3 Å². The number of benzene rings is 2. The second kappa shape index (κ2) is 6.93. The van der Waals surface area contributed by atoms with Gasteiger partial charge in [-0.25, -0.2) is 13.1 Å². The molecule has 7 nitrogen and oxygen atoms in total. The van der Waals surface area contributed by atoms with Crippen LogP contribution in [0.25, 0.3) is 0 Å². The largest absolute Gasteiger partial charge is 0.279 e. The molecule has 0 spiro atoms. The van der Waals surface area contributed by atoms with Gasteiger partial charge in [0.2, 0.25) is 0 Å². The number of aromatic nitrogens is 3. The van der Waals surface area contributed by atoms with Gasteiger partial charge in [-0.1, -0.05) is 28.9 Å². The lowest BCUT2D eigenvalue weighted by Crippen LogP contribution is -2.15. The summed E-state index contributed by atoms with van der Waals surface area (Å²) < 4.78 is 29.4. The van der Waals surface area contributed by atoms with Gasteiger partial charge in [-0.05, 0) is 35.9 Å². The molecular weight excluding hydrogens is 362 g/mol. The highest BCUT2D eigenvalue weighted by atomic mass is 35.5. The Hall–Kier alpha value is -2.89. The fraction of sp³-hybridized carbons (Fsp3) is 0.0625. The summed E-state index contributed by atoms with van der Waals surface area (Å²) in [4.78, 5) is -0.00164. The van der Waals surface area contributed by atoms with Crippen LogP contribution in [0.15, 0.2) is 59.8 Å². The van der Waals surface area contributed by atoms with Crippen LogP contribution in [-0.4, -0.2) is 23.4 Å². The average Bonchev–Trinajstić information content (AvgIpc) is 3.10. The normalized spacial score (nSPS) is 11.0. The van der Waals surface area contributed by atoms with Gasteiger partial charge in [0, 0.05) is 11.2 Å². The highest BCUT2D eigenvalue weighted by molar-refractivity contribution is 7.92. The molecule has 0 radical (unpaired) electrons. The first kappa shape index (κ1) is 17.0. The van der Waals surface area contributed by atoms with Gasteiger partial charge in [-0.2, -0.15) is 5.26 Å². The van der Waals surface area contributed by atoms with Gasteiger partial charge in [0.05, 0.1) is 35.0 Å². The minimum atomic E-state index is -3.87. The van der Waals surface area contributed by atoms with E-state index in [2.05, 4.69) is 15.0 Å². The number of sulfonamides is 1. The van der Waals surface area contributed by atoms with Crippen LogP contribution in [0.3, 0.4) is 0 Å². The molecule has 25 heavy (non-hydrogen) atoms. The van der Waals surface area contributed by atoms with Crippen molar-refractivity contribution < 1.29 is 8.42 Å². The Kier molecular flexibility index (Phi) is 4.70. The number of rotatable bonds is 5. The predicted octanol–water partition coefficient (Wildman–Crippen LogP) is 2.65. The van der Waals surface area contributed by atoms with Crippen LogP contribution in [0.2, 0.25) is 5.02 Å². The first-order chi connectivity index (χ1) is 12.0. The van der Waals surface area contributed by atoms with Crippen LogP contribution in [-0.2, 0) is 16.6 Å². The topological polar surface area (TPSA) is 101 Å². The first-order valence-corrected chi connectivity index (χ1v) is 8.99. The molecule has 0 bridgehead atoms. The second-order valence-electron chi connectivity index (χ2n) is 5.15. The number of nitriles is 1. The first-order valence-electron chi connectivity index (χ1n) is 7.13. The molecule has 0 saturated carbocycles. The van der Waals surface area contributed by atoms with Crippen molar-refractivity contribution in [2.45, 2.75) is 11.4 Å². The fourth-order valence-corrected chi connectivity index (χ4v) is 3.52. The Morgan fingerprint density at radius 2 is 2.08 bits per heavy atom. The molecule has 0 unspecified atom stereocenters. The van der Waals surface area contributed by atoms with Gasteiger partial charge in [-0.3, -0.25) is 4.72 Å². The van der Waals surface area contributed by atoms with Gasteiger partial charge in [-0.15, -0.1) is 5.10 Å². The molecule has 3 rings (SSSR count). The van der Waals surface area contributed by atoms with Crippen molar-refractivity contribution in [3.05, 3.63) is 71.0 Å². The van der Waals surface area contributed by atoms with Crippen molar-refractivity contribution in [2.24, 2.45) is 0 Å². The molecule has 1 heterocycles. The minimum Gasteiger partial charge on any atom is -0.279 e. The zero-order valence-electron chi connectivity index (χ0n) is 12.8. The smallest absolute Gasteiger partial charge is 0.261 e. The number of nitrogens with one attached hydrogen (secondary N) is 1. The van der Waals surface area contributed by atoms with Crippen LogP contribution in [0.1, 0.15) is 11.1 Å². The Morgan fingerprint density at radius 1 is 1.24 bits per heavy atom. The van der Waals surface area contributed by atoms with Crippen molar-refractivity contribution in [1.29, 1.82) is 5.26 Å². The Morgan fingerprint density at radius 3 is 2.80 bits per heavy atom. The highest BCUT2D eigenvalue weighted by Gasteiger charge is 2.17. The minimum absolute atomic E-state index is 0.00164. The Labute approximate surface area is 149 Å². The van der Waals surface area contributed by atoms with E-state index >= 15 is 0 Å². The SMILES string of the molecule is N#Cc1cccc(S(=O)(=O)Nc2cc(Cl)ccc2Cn2ccnn2)c1. The maximum Gasteiger partial charge on any atom is 0.261 e. The van der Waals surface area contributed by atoms with Gasteiger partial charge >= 0.3 is 0 Å². The summed E-state index contributed by atoms with van der Waals surface area (Å²) in [5.74, 6) is 0. The molecule has 3 aromatic rings. The van der Waals surface area contributed by atoms with E-state index in [1.807, 2.05) is 6.07 Å². The molecular formula is C16H12ClN5O2S. The van der Waals surface area contributed by atoms with Gasteiger partial charge in [0.25, 0.3) is 10.0 Å². The van der Waals surface area contributed by atoms with Crippen LogP contribution in [0.5, 0.6) is 0 Å². The van der Waals surface area contributed by atoms with Crippen LogP contribution >= 0.6 is 11.6 Å². The fourth-order valence-electron chi connectivity index (χ4n) is 2.21. The lowest BCUT2D eigenvalue weighted by Gasteiger charge is -2.13. The monoisotopic (exact) mass is 373 g/mol. The summed E-state index contributed by atoms with van der Waals surface area (Å²) >= 11 is 6.01. The van der Waals surface area contributed by atoms with Crippen molar-refractivity contribution in [3.8, 4) is 6.07 Å². The summed E-state index contributed by atoms with van der Waals surface area (Å²) in [7, 11) is -3.87. The van der Waals surface area contributed by atoms with E-state index in [1.54, 1.807) is 23.0 Å². The number of anilines is 1. The molecule has 0 saturated heterocycles. The number of nitrogens with zero attached hydrogens (tertiary/aromatic N) is 4. The standard InChI is InChI=1S/C16H12ClN5O2S/c17-14-5-4-13(11-22-7-6-19-21-22)16(9-14)20-25(23,24)15-3-1-2-12(8-15)10-18/h1-9,20H,11H2. The van der Waals surface area contributed by atoms with E-state index in [-0.39, 0.29) is 10.5 Å². The summed E-state index contributed by atoms with van der Waals surface area (Å²) in [6.45, 7) is 0.327. The molecule has 0 amide bonds. The molecule has 0 aliphatic rings. The van der Waals surface area contributed by atoms with E-state index in [9.17, 15) is 8.42 Å². The zero-order chi connectivity index (χ0) is 17.9. The summed E-state index contributed by atoms with van der Waals surface area (Å²) in [5, 5.41) is 16.9. The van der Waals surface area contributed by atoms with Crippen molar-refractivity contribution in [3.63, 3.8) is 0 Å². The molecule has 1 aromatic heterocycles. The van der Waals surface area contributed by atoms with Gasteiger partial charge in [0.1, 0.15) is 0 Å². The molecule has 126 valence electrons. The maximum absolute atomic E-state index is 12.6. The average molecular weight is 374 g/mol. The van der Waals surface area contributed by atoms with Crippen LogP contribution in [0, 0.1) is 11.3 Å². The predicted molar refractivity (Wildman–Crippen MR) is 92.5 cm³/mol. The highest BCUT2D eigenvalue weighted by Crippen LogP contribution is 2.25. The van der Waals surface area contributed by atoms with Gasteiger partial charge in [0.15, 0.2) is 0 Å². The number of halogens is 1. The van der Waals surface area contributed by atoms with Crippen molar-refractivity contribution in [1.82, 2.24) is 15.0 Å². The third-order valence-corrected chi connectivity index (χ3v) is 4.99. The van der Waals surface area contributed by atoms with E-state index in [1.165, 1.54) is 36.5 Å². The van der Waals surface area contributed by atoms with Crippen LogP contribution in [0.4, 0.5) is 5.69 Å². The Bertz CT molecular complexity index is 1040. The summed E-state index contributed by atoms with van der Waals surface area (Å²) in [5.41, 5.74) is 1.28. The molecule has 0 aliphatic carbocycles. The molecule has 0 aliphatic heterocycles. The summed E-state index contributed by atoms with van der Waals surface area (Å²) in [6.07, 6.45) is 3.20. The second-order valence-corrected chi connectivity index (χ2v) is 7.27. The van der Waals surface area contributed by atoms with E-state index in [4.69, 9.17) is 16.9 Å². The van der Waals surface area contributed by atoms with Crippen molar-refractivity contribution in [2.75, 3.05) is 4.72 Å². The van der Waals surface area contributed by atoms with E-state index in [0.717, 1.165) is 0 Å². The molecule has 0 fully saturated rings. The van der Waals surface area contributed by atoms with Gasteiger partial charge < -0.3 is 0 Å². The molecule has 2 aromatic carbocycles. The maximum atomic E-state index is 12.6. The number of hydrogen-bond donors (Lipinski definition) is 1. The molecule has 0 atom stereocenters. The third kappa shape index (κ3) is 3.96.